The van der Waals surface area contributed by atoms with Gasteiger partial charge in [-0.05, 0) is 12.0 Å². The molecule has 1 aromatic rings. The first-order valence-electron chi connectivity index (χ1n) is 6.44. The molecule has 5 nitrogen and oxygen atoms in total. The fourth-order valence-corrected chi connectivity index (χ4v) is 1.75. The molecule has 0 aliphatic carbocycles. The Balaban J connectivity index is 1.89. The fourth-order valence-electron chi connectivity index (χ4n) is 1.75. The molecule has 5 heteroatoms. The number of hydrogen-bond donors (Lipinski definition) is 1. The lowest BCUT2D eigenvalue weighted by molar-refractivity contribution is 0.0811. The van der Waals surface area contributed by atoms with Gasteiger partial charge >= 0.3 is 0 Å². The van der Waals surface area contributed by atoms with E-state index >= 15 is 0 Å². The quantitative estimate of drug-likeness (QED) is 0.766. The van der Waals surface area contributed by atoms with Crippen LogP contribution in [0.5, 0.6) is 17.2 Å². The zero-order chi connectivity index (χ0) is 13.7. The van der Waals surface area contributed by atoms with E-state index in [0.29, 0.717) is 41.9 Å². The normalized spacial score (nSPS) is 13.1. The smallest absolute Gasteiger partial charge is 0.231 e. The molecule has 1 aromatic carbocycles. The van der Waals surface area contributed by atoms with Crippen LogP contribution in [0.1, 0.15) is 19.4 Å². The molecule has 0 saturated carbocycles. The van der Waals surface area contributed by atoms with Crippen molar-refractivity contribution in [2.75, 3.05) is 26.6 Å². The van der Waals surface area contributed by atoms with Gasteiger partial charge in [0.2, 0.25) is 6.79 Å². The molecule has 1 aliphatic rings. The second kappa shape index (κ2) is 6.63. The number of aliphatic hydroxyl groups excluding tert-OH is 1. The van der Waals surface area contributed by atoms with Crippen LogP contribution in [0.4, 0.5) is 0 Å². The van der Waals surface area contributed by atoms with E-state index in [9.17, 15) is 5.11 Å². The van der Waals surface area contributed by atoms with E-state index in [2.05, 4.69) is 13.8 Å². The lowest BCUT2D eigenvalue weighted by atomic mass is 10.2. The van der Waals surface area contributed by atoms with E-state index in [1.165, 1.54) is 0 Å². The van der Waals surface area contributed by atoms with E-state index in [4.69, 9.17) is 18.9 Å². The van der Waals surface area contributed by atoms with Crippen molar-refractivity contribution in [3.63, 3.8) is 0 Å². The summed E-state index contributed by atoms with van der Waals surface area (Å²) in [6.07, 6.45) is 0. The van der Waals surface area contributed by atoms with E-state index < -0.39 is 0 Å². The van der Waals surface area contributed by atoms with Crippen molar-refractivity contribution in [1.29, 1.82) is 0 Å². The molecule has 0 saturated heterocycles. The Morgan fingerprint density at radius 3 is 2.63 bits per heavy atom. The molecule has 0 unspecified atom stereocenters. The van der Waals surface area contributed by atoms with Crippen LogP contribution in [0, 0.1) is 5.92 Å². The molecular weight excluding hydrogens is 248 g/mol. The molecule has 106 valence electrons. The highest BCUT2D eigenvalue weighted by atomic mass is 16.7. The maximum atomic E-state index is 9.32. The average Bonchev–Trinajstić information content (AvgIpc) is 2.83. The molecule has 0 amide bonds. The molecule has 1 N–H and O–H groups in total. The molecular formula is C14H20O5. The van der Waals surface area contributed by atoms with Gasteiger partial charge in [0, 0.05) is 18.2 Å². The molecule has 0 atom stereocenters. The van der Waals surface area contributed by atoms with Crippen molar-refractivity contribution in [2.45, 2.75) is 20.5 Å². The van der Waals surface area contributed by atoms with Gasteiger partial charge in [0.25, 0.3) is 0 Å². The van der Waals surface area contributed by atoms with Crippen molar-refractivity contribution in [3.05, 3.63) is 17.7 Å². The van der Waals surface area contributed by atoms with Gasteiger partial charge in [-0.25, -0.2) is 0 Å². The topological polar surface area (TPSA) is 57.2 Å². The summed E-state index contributed by atoms with van der Waals surface area (Å²) in [5.41, 5.74) is 0.688. The van der Waals surface area contributed by atoms with E-state index in [1.54, 1.807) is 12.1 Å². The first-order chi connectivity index (χ1) is 9.20. The SMILES string of the molecule is CC(C)COCCOc1cc2c(cc1CO)OCO2. The molecule has 0 spiro atoms. The molecule has 0 radical (unpaired) electrons. The summed E-state index contributed by atoms with van der Waals surface area (Å²) in [7, 11) is 0. The maximum absolute atomic E-state index is 9.32. The van der Waals surface area contributed by atoms with Crippen LogP contribution in [0.3, 0.4) is 0 Å². The monoisotopic (exact) mass is 268 g/mol. The number of hydrogen-bond acceptors (Lipinski definition) is 5. The maximum Gasteiger partial charge on any atom is 0.231 e. The van der Waals surface area contributed by atoms with Gasteiger partial charge in [-0.1, -0.05) is 13.8 Å². The zero-order valence-electron chi connectivity index (χ0n) is 11.3. The Labute approximate surface area is 113 Å². The average molecular weight is 268 g/mol. The summed E-state index contributed by atoms with van der Waals surface area (Å²) >= 11 is 0. The van der Waals surface area contributed by atoms with Crippen LogP contribution < -0.4 is 14.2 Å². The molecule has 1 aliphatic heterocycles. The lowest BCUT2D eigenvalue weighted by Crippen LogP contribution is -2.11. The Morgan fingerprint density at radius 2 is 1.95 bits per heavy atom. The largest absolute Gasteiger partial charge is 0.491 e. The predicted molar refractivity (Wildman–Crippen MR) is 69.6 cm³/mol. The third kappa shape index (κ3) is 3.75. The number of aliphatic hydroxyl groups is 1. The third-order valence-corrected chi connectivity index (χ3v) is 2.66. The Morgan fingerprint density at radius 1 is 1.21 bits per heavy atom. The molecule has 19 heavy (non-hydrogen) atoms. The first kappa shape index (κ1) is 14.0. The molecule has 0 bridgehead atoms. The number of rotatable bonds is 7. The van der Waals surface area contributed by atoms with Gasteiger partial charge in [0.15, 0.2) is 11.5 Å². The Bertz CT molecular complexity index is 417. The minimum absolute atomic E-state index is 0.0984. The van der Waals surface area contributed by atoms with Crippen LogP contribution in [0.25, 0.3) is 0 Å². The minimum Gasteiger partial charge on any atom is -0.491 e. The van der Waals surface area contributed by atoms with Crippen LogP contribution in [-0.2, 0) is 11.3 Å². The van der Waals surface area contributed by atoms with Crippen LogP contribution in [0.2, 0.25) is 0 Å². The molecule has 1 heterocycles. The van der Waals surface area contributed by atoms with Crippen LogP contribution in [0.15, 0.2) is 12.1 Å². The van der Waals surface area contributed by atoms with Crippen molar-refractivity contribution >= 4 is 0 Å². The highest BCUT2D eigenvalue weighted by molar-refractivity contribution is 5.51. The summed E-state index contributed by atoms with van der Waals surface area (Å²) in [6, 6.07) is 3.49. The summed E-state index contributed by atoms with van der Waals surface area (Å²) in [4.78, 5) is 0. The fraction of sp³-hybridized carbons (Fsp3) is 0.571. The number of fused-ring (bicyclic) bond motifs is 1. The number of benzene rings is 1. The zero-order valence-corrected chi connectivity index (χ0v) is 11.3. The molecule has 0 aromatic heterocycles. The Hall–Kier alpha value is -1.46. The van der Waals surface area contributed by atoms with Gasteiger partial charge in [-0.2, -0.15) is 0 Å². The van der Waals surface area contributed by atoms with Gasteiger partial charge in [0.1, 0.15) is 12.4 Å². The van der Waals surface area contributed by atoms with E-state index in [0.717, 1.165) is 6.61 Å². The standard InChI is InChI=1S/C14H20O5/c1-10(2)8-16-3-4-17-12-6-14-13(18-9-19-14)5-11(12)7-15/h5-6,10,15H,3-4,7-9H2,1-2H3. The first-order valence-corrected chi connectivity index (χ1v) is 6.44. The summed E-state index contributed by atoms with van der Waals surface area (Å²) in [6.45, 7) is 6.00. The van der Waals surface area contributed by atoms with Crippen LogP contribution in [-0.4, -0.2) is 31.7 Å². The summed E-state index contributed by atoms with van der Waals surface area (Å²) in [5.74, 6) is 2.42. The third-order valence-electron chi connectivity index (χ3n) is 2.66. The van der Waals surface area contributed by atoms with E-state index in [1.807, 2.05) is 0 Å². The number of ether oxygens (including phenoxy) is 4. The van der Waals surface area contributed by atoms with Gasteiger partial charge in [-0.3, -0.25) is 0 Å². The van der Waals surface area contributed by atoms with Crippen molar-refractivity contribution in [3.8, 4) is 17.2 Å². The predicted octanol–water partition coefficient (Wildman–Crippen LogP) is 1.96. The van der Waals surface area contributed by atoms with Crippen LogP contribution >= 0.6 is 0 Å². The lowest BCUT2D eigenvalue weighted by Gasteiger charge is -2.12. The Kier molecular flexibility index (Phi) is 4.87. The van der Waals surface area contributed by atoms with Gasteiger partial charge < -0.3 is 24.1 Å². The molecule has 2 rings (SSSR count). The molecule has 0 fully saturated rings. The van der Waals surface area contributed by atoms with E-state index in [-0.39, 0.29) is 13.4 Å². The van der Waals surface area contributed by atoms with Crippen molar-refractivity contribution < 1.29 is 24.1 Å². The summed E-state index contributed by atoms with van der Waals surface area (Å²) < 4.78 is 21.6. The van der Waals surface area contributed by atoms with Gasteiger partial charge in [-0.15, -0.1) is 0 Å². The van der Waals surface area contributed by atoms with Gasteiger partial charge in [0.05, 0.1) is 13.2 Å². The van der Waals surface area contributed by atoms with Crippen molar-refractivity contribution in [2.24, 2.45) is 5.92 Å². The summed E-state index contributed by atoms with van der Waals surface area (Å²) in [5, 5.41) is 9.32. The highest BCUT2D eigenvalue weighted by Crippen LogP contribution is 2.38. The van der Waals surface area contributed by atoms with Crippen molar-refractivity contribution in [1.82, 2.24) is 0 Å². The second-order valence-corrected chi connectivity index (χ2v) is 4.79. The highest BCUT2D eigenvalue weighted by Gasteiger charge is 2.17. The second-order valence-electron chi connectivity index (χ2n) is 4.79. The minimum atomic E-state index is -0.0984.